The van der Waals surface area contributed by atoms with Crippen molar-refractivity contribution in [3.05, 3.63) is 22.6 Å². The van der Waals surface area contributed by atoms with E-state index < -0.39 is 0 Å². The first-order valence-corrected chi connectivity index (χ1v) is 7.01. The number of aromatic amines is 1. The van der Waals surface area contributed by atoms with E-state index in [1.54, 1.807) is 6.07 Å². The number of H-pyrrole nitrogens is 1. The first-order valence-electron chi connectivity index (χ1n) is 6.48. The van der Waals surface area contributed by atoms with E-state index >= 15 is 0 Å². The van der Waals surface area contributed by atoms with Crippen LogP contribution in [-0.4, -0.2) is 38.3 Å². The standard InChI is InChI=1S/C12H18ClN5O/c1-3-9(4-2)17(8-7-13)11-6-5-10-14-15-12(19)18(10)16-11/h5-6,9H,3-4,7-8H2,1-2H3,(H,15,19). The van der Waals surface area contributed by atoms with Crippen molar-refractivity contribution in [1.29, 1.82) is 0 Å². The summed E-state index contributed by atoms with van der Waals surface area (Å²) in [6.07, 6.45) is 2.01. The number of halogens is 1. The third-order valence-electron chi connectivity index (χ3n) is 3.26. The van der Waals surface area contributed by atoms with Gasteiger partial charge < -0.3 is 4.90 Å². The smallest absolute Gasteiger partial charge is 0.351 e. The van der Waals surface area contributed by atoms with Crippen molar-refractivity contribution in [3.63, 3.8) is 0 Å². The van der Waals surface area contributed by atoms with Gasteiger partial charge in [0.05, 0.1) is 0 Å². The van der Waals surface area contributed by atoms with E-state index in [1.165, 1.54) is 4.52 Å². The van der Waals surface area contributed by atoms with E-state index in [4.69, 9.17) is 11.6 Å². The summed E-state index contributed by atoms with van der Waals surface area (Å²) in [5.41, 5.74) is 0.191. The monoisotopic (exact) mass is 283 g/mol. The van der Waals surface area contributed by atoms with Crippen molar-refractivity contribution >= 4 is 23.1 Å². The molecule has 0 amide bonds. The Labute approximate surface area is 116 Å². The number of aromatic nitrogens is 4. The van der Waals surface area contributed by atoms with Gasteiger partial charge in [-0.3, -0.25) is 0 Å². The van der Waals surface area contributed by atoms with Crippen molar-refractivity contribution < 1.29 is 0 Å². The SMILES string of the molecule is CCC(CC)N(CCCl)c1ccc2n[nH]c(=O)n2n1. The maximum absolute atomic E-state index is 11.6. The fourth-order valence-electron chi connectivity index (χ4n) is 2.25. The van der Waals surface area contributed by atoms with Crippen molar-refractivity contribution in [2.45, 2.75) is 32.7 Å². The Bertz CT molecular complexity index is 589. The lowest BCUT2D eigenvalue weighted by Gasteiger charge is -2.30. The largest absolute Gasteiger partial charge is 0.364 e. The second-order valence-electron chi connectivity index (χ2n) is 4.34. The molecule has 0 radical (unpaired) electrons. The molecule has 6 nitrogen and oxygen atoms in total. The molecule has 104 valence electrons. The van der Waals surface area contributed by atoms with Gasteiger partial charge in [0.2, 0.25) is 0 Å². The van der Waals surface area contributed by atoms with Gasteiger partial charge in [-0.1, -0.05) is 13.8 Å². The third kappa shape index (κ3) is 2.73. The van der Waals surface area contributed by atoms with Crippen LogP contribution >= 0.6 is 11.6 Å². The molecule has 2 rings (SSSR count). The van der Waals surface area contributed by atoms with Crippen molar-refractivity contribution in [1.82, 2.24) is 19.8 Å². The Hall–Kier alpha value is -1.56. The van der Waals surface area contributed by atoms with Crippen LogP contribution in [0, 0.1) is 0 Å². The minimum atomic E-state index is -0.327. The molecule has 7 heteroatoms. The van der Waals surface area contributed by atoms with Crippen LogP contribution in [0.15, 0.2) is 16.9 Å². The lowest BCUT2D eigenvalue weighted by molar-refractivity contribution is 0.558. The molecule has 2 aromatic rings. The average Bonchev–Trinajstić information content (AvgIpc) is 2.80. The van der Waals surface area contributed by atoms with Crippen LogP contribution in [0.1, 0.15) is 26.7 Å². The van der Waals surface area contributed by atoms with Gasteiger partial charge in [0.15, 0.2) is 5.65 Å². The van der Waals surface area contributed by atoms with Crippen LogP contribution in [0.5, 0.6) is 0 Å². The normalized spacial score (nSPS) is 11.4. The predicted octanol–water partition coefficient (Wildman–Crippen LogP) is 1.65. The highest BCUT2D eigenvalue weighted by atomic mass is 35.5. The molecule has 0 aliphatic heterocycles. The van der Waals surface area contributed by atoms with Crippen LogP contribution in [-0.2, 0) is 0 Å². The summed E-state index contributed by atoms with van der Waals surface area (Å²) in [5, 5.41) is 10.6. The lowest BCUT2D eigenvalue weighted by Crippen LogP contribution is -2.37. The van der Waals surface area contributed by atoms with E-state index in [2.05, 4.69) is 34.0 Å². The van der Waals surface area contributed by atoms with Crippen LogP contribution in [0.4, 0.5) is 5.82 Å². The van der Waals surface area contributed by atoms with Crippen LogP contribution in [0.25, 0.3) is 5.65 Å². The lowest BCUT2D eigenvalue weighted by atomic mass is 10.1. The Morgan fingerprint density at radius 3 is 2.79 bits per heavy atom. The molecule has 19 heavy (non-hydrogen) atoms. The predicted molar refractivity (Wildman–Crippen MR) is 76.0 cm³/mol. The molecule has 0 aromatic carbocycles. The summed E-state index contributed by atoms with van der Waals surface area (Å²) >= 11 is 5.88. The van der Waals surface area contributed by atoms with Crippen LogP contribution in [0.2, 0.25) is 0 Å². The fraction of sp³-hybridized carbons (Fsp3) is 0.583. The molecular formula is C12H18ClN5O. The molecule has 0 atom stereocenters. The molecule has 0 fully saturated rings. The zero-order chi connectivity index (χ0) is 13.8. The molecule has 0 spiro atoms. The number of hydrogen-bond donors (Lipinski definition) is 1. The summed E-state index contributed by atoms with van der Waals surface area (Å²) in [4.78, 5) is 13.7. The second-order valence-corrected chi connectivity index (χ2v) is 4.72. The second kappa shape index (κ2) is 6.06. The maximum atomic E-state index is 11.6. The molecule has 2 aromatic heterocycles. The van der Waals surface area contributed by atoms with Crippen LogP contribution in [0.3, 0.4) is 0 Å². The van der Waals surface area contributed by atoms with E-state index in [1.807, 2.05) is 6.07 Å². The Kier molecular flexibility index (Phi) is 4.42. The highest BCUT2D eigenvalue weighted by Gasteiger charge is 2.17. The first-order chi connectivity index (χ1) is 9.21. The highest BCUT2D eigenvalue weighted by molar-refractivity contribution is 6.18. The van der Waals surface area contributed by atoms with E-state index in [9.17, 15) is 4.79 Å². The van der Waals surface area contributed by atoms with Gasteiger partial charge in [0.1, 0.15) is 5.82 Å². The van der Waals surface area contributed by atoms with Gasteiger partial charge in [-0.05, 0) is 25.0 Å². The number of nitrogens with one attached hydrogen (secondary N) is 1. The summed E-state index contributed by atoms with van der Waals surface area (Å²) in [5.74, 6) is 1.28. The van der Waals surface area contributed by atoms with E-state index in [-0.39, 0.29) is 5.69 Å². The Balaban J connectivity index is 2.42. The number of anilines is 1. The topological polar surface area (TPSA) is 66.3 Å². The van der Waals surface area contributed by atoms with Gasteiger partial charge in [-0.15, -0.1) is 16.7 Å². The Morgan fingerprint density at radius 2 is 2.16 bits per heavy atom. The number of alkyl halides is 1. The minimum Gasteiger partial charge on any atom is -0.351 e. The van der Waals surface area contributed by atoms with E-state index in [0.29, 0.717) is 24.1 Å². The van der Waals surface area contributed by atoms with Crippen molar-refractivity contribution in [2.75, 3.05) is 17.3 Å². The van der Waals surface area contributed by atoms with Gasteiger partial charge in [-0.25, -0.2) is 9.89 Å². The quantitative estimate of drug-likeness (QED) is 0.819. The highest BCUT2D eigenvalue weighted by Crippen LogP contribution is 2.18. The summed E-state index contributed by atoms with van der Waals surface area (Å²) in [6.45, 7) is 4.98. The number of rotatable bonds is 6. The van der Waals surface area contributed by atoms with Gasteiger partial charge in [0.25, 0.3) is 0 Å². The number of hydrogen-bond acceptors (Lipinski definition) is 4. The van der Waals surface area contributed by atoms with Gasteiger partial charge in [0, 0.05) is 18.5 Å². The van der Waals surface area contributed by atoms with Crippen molar-refractivity contribution in [2.24, 2.45) is 0 Å². The van der Waals surface area contributed by atoms with Gasteiger partial charge >= 0.3 is 5.69 Å². The fourth-order valence-corrected chi connectivity index (χ4v) is 2.43. The molecule has 0 unspecified atom stereocenters. The molecule has 0 saturated heterocycles. The minimum absolute atomic E-state index is 0.327. The molecular weight excluding hydrogens is 266 g/mol. The molecule has 0 saturated carbocycles. The molecule has 0 bridgehead atoms. The zero-order valence-electron chi connectivity index (χ0n) is 11.1. The zero-order valence-corrected chi connectivity index (χ0v) is 11.9. The molecule has 2 heterocycles. The molecule has 0 aliphatic carbocycles. The number of fused-ring (bicyclic) bond motifs is 1. The third-order valence-corrected chi connectivity index (χ3v) is 3.43. The average molecular weight is 284 g/mol. The van der Waals surface area contributed by atoms with Gasteiger partial charge in [-0.2, -0.15) is 9.61 Å². The maximum Gasteiger partial charge on any atom is 0.364 e. The molecule has 1 N–H and O–H groups in total. The summed E-state index contributed by atoms with van der Waals surface area (Å²) < 4.78 is 1.28. The van der Waals surface area contributed by atoms with Crippen molar-refractivity contribution in [3.8, 4) is 0 Å². The first kappa shape index (κ1) is 13.9. The Morgan fingerprint density at radius 1 is 1.42 bits per heavy atom. The number of nitrogens with zero attached hydrogens (tertiary/aromatic N) is 4. The summed E-state index contributed by atoms with van der Waals surface area (Å²) in [6, 6.07) is 4.02. The molecule has 0 aliphatic rings. The summed E-state index contributed by atoms with van der Waals surface area (Å²) in [7, 11) is 0. The van der Waals surface area contributed by atoms with Crippen LogP contribution < -0.4 is 10.6 Å². The van der Waals surface area contributed by atoms with E-state index in [0.717, 1.165) is 18.7 Å².